The second-order valence-electron chi connectivity index (χ2n) is 13.1. The first kappa shape index (κ1) is 22.2. The number of aliphatic hydroxyl groups excluding tert-OH is 1. The van der Waals surface area contributed by atoms with E-state index in [1.54, 1.807) is 16.7 Å². The molecule has 5 aliphatic rings. The molecule has 3 saturated carbocycles. The highest BCUT2D eigenvalue weighted by atomic mass is 16.5. The van der Waals surface area contributed by atoms with Gasteiger partial charge < -0.3 is 9.84 Å². The first-order chi connectivity index (χ1) is 14.5. The van der Waals surface area contributed by atoms with Crippen LogP contribution in [-0.4, -0.2) is 22.9 Å². The lowest BCUT2D eigenvalue weighted by molar-refractivity contribution is -0.0299. The quantitative estimate of drug-likeness (QED) is 0.454. The van der Waals surface area contributed by atoms with E-state index in [2.05, 4.69) is 54.5 Å². The lowest BCUT2D eigenvalue weighted by atomic mass is 9.47. The summed E-state index contributed by atoms with van der Waals surface area (Å²) >= 11 is 0. The van der Waals surface area contributed by atoms with Gasteiger partial charge in [-0.1, -0.05) is 44.9 Å². The van der Waals surface area contributed by atoms with Gasteiger partial charge in [-0.25, -0.2) is 0 Å². The highest BCUT2D eigenvalue weighted by Crippen LogP contribution is 2.66. The summed E-state index contributed by atoms with van der Waals surface area (Å²) in [6.45, 7) is 16.9. The fourth-order valence-electron chi connectivity index (χ4n) is 9.19. The molecule has 0 aromatic carbocycles. The molecule has 1 aliphatic heterocycles. The molecule has 1 saturated heterocycles. The molecule has 0 radical (unpaired) electrons. The lowest BCUT2D eigenvalue weighted by Gasteiger charge is -2.57. The topological polar surface area (TPSA) is 29.5 Å². The fraction of sp³-hybridized carbons (Fsp3) is 0.862. The van der Waals surface area contributed by atoms with Crippen molar-refractivity contribution in [3.63, 3.8) is 0 Å². The summed E-state index contributed by atoms with van der Waals surface area (Å²) in [4.78, 5) is 0. The van der Waals surface area contributed by atoms with Crippen molar-refractivity contribution in [3.05, 3.63) is 22.8 Å². The number of hydrogen-bond donors (Lipinski definition) is 1. The molecule has 0 bridgehead atoms. The maximum Gasteiger partial charge on any atom is 0.0821 e. The van der Waals surface area contributed by atoms with E-state index in [1.165, 1.54) is 38.5 Å². The van der Waals surface area contributed by atoms with Crippen LogP contribution >= 0.6 is 0 Å². The predicted molar refractivity (Wildman–Crippen MR) is 128 cm³/mol. The number of fused-ring (bicyclic) bond motifs is 5. The molecule has 2 heteroatoms. The highest BCUT2D eigenvalue weighted by molar-refractivity contribution is 5.33. The molecule has 0 spiro atoms. The summed E-state index contributed by atoms with van der Waals surface area (Å²) in [7, 11) is 0. The maximum atomic E-state index is 10.3. The molecule has 9 unspecified atom stereocenters. The molecule has 4 aliphatic carbocycles. The second kappa shape index (κ2) is 7.20. The number of hydrogen-bond acceptors (Lipinski definition) is 2. The van der Waals surface area contributed by atoms with Crippen LogP contribution in [-0.2, 0) is 4.74 Å². The molecular formula is C29H46O2. The van der Waals surface area contributed by atoms with E-state index in [0.717, 1.165) is 30.6 Å². The summed E-state index contributed by atoms with van der Waals surface area (Å²) in [5.74, 6) is 3.65. The first-order valence-corrected chi connectivity index (χ1v) is 13.2. The van der Waals surface area contributed by atoms with Crippen LogP contribution in [0.2, 0.25) is 0 Å². The van der Waals surface area contributed by atoms with Crippen molar-refractivity contribution in [2.45, 2.75) is 118 Å². The van der Waals surface area contributed by atoms with E-state index in [-0.39, 0.29) is 11.7 Å². The number of rotatable bonds is 1. The van der Waals surface area contributed by atoms with Crippen molar-refractivity contribution in [1.82, 2.24) is 0 Å². The molecule has 0 aromatic heterocycles. The normalized spacial score (nSPS) is 52.8. The van der Waals surface area contributed by atoms with Crippen LogP contribution in [0.3, 0.4) is 0 Å². The minimum atomic E-state index is -0.103. The van der Waals surface area contributed by atoms with Crippen molar-refractivity contribution in [1.29, 1.82) is 0 Å². The summed E-state index contributed by atoms with van der Waals surface area (Å²) in [5.41, 5.74) is 5.61. The van der Waals surface area contributed by atoms with Crippen LogP contribution in [0.1, 0.15) is 99.8 Å². The Bertz CT molecular complexity index is 806. The van der Waals surface area contributed by atoms with Gasteiger partial charge in [-0.2, -0.15) is 0 Å². The van der Waals surface area contributed by atoms with E-state index in [4.69, 9.17) is 4.74 Å². The Morgan fingerprint density at radius 1 is 1.00 bits per heavy atom. The molecule has 9 atom stereocenters. The van der Waals surface area contributed by atoms with Crippen molar-refractivity contribution < 1.29 is 9.84 Å². The molecule has 1 N–H and O–H groups in total. The van der Waals surface area contributed by atoms with Gasteiger partial charge in [0.05, 0.1) is 17.8 Å². The Hall–Kier alpha value is -0.600. The van der Waals surface area contributed by atoms with Crippen LogP contribution in [0, 0.1) is 40.4 Å². The van der Waals surface area contributed by atoms with Gasteiger partial charge in [0, 0.05) is 0 Å². The van der Waals surface area contributed by atoms with Crippen molar-refractivity contribution in [3.8, 4) is 0 Å². The molecule has 4 fully saturated rings. The lowest BCUT2D eigenvalue weighted by Crippen LogP contribution is -2.49. The number of allylic oxidation sites excluding steroid dienone is 2. The number of ether oxygens (including phenoxy) is 1. The van der Waals surface area contributed by atoms with Gasteiger partial charge >= 0.3 is 0 Å². The smallest absolute Gasteiger partial charge is 0.0821 e. The molecular weight excluding hydrogens is 380 g/mol. The first-order valence-electron chi connectivity index (χ1n) is 13.2. The van der Waals surface area contributed by atoms with E-state index in [9.17, 15) is 5.11 Å². The molecule has 5 rings (SSSR count). The summed E-state index contributed by atoms with van der Waals surface area (Å²) in [5, 5.41) is 10.3. The Kier molecular flexibility index (Phi) is 5.16. The summed E-state index contributed by atoms with van der Waals surface area (Å²) < 4.78 is 6.68. The van der Waals surface area contributed by atoms with Crippen LogP contribution in [0.4, 0.5) is 0 Å². The Morgan fingerprint density at radius 2 is 1.68 bits per heavy atom. The van der Waals surface area contributed by atoms with Gasteiger partial charge in [-0.3, -0.25) is 0 Å². The van der Waals surface area contributed by atoms with E-state index in [0.29, 0.717) is 28.8 Å². The van der Waals surface area contributed by atoms with Crippen molar-refractivity contribution in [2.24, 2.45) is 40.4 Å². The molecule has 0 aromatic rings. The summed E-state index contributed by atoms with van der Waals surface area (Å²) in [6.07, 6.45) is 12.5. The van der Waals surface area contributed by atoms with Gasteiger partial charge in [-0.15, -0.1) is 0 Å². The van der Waals surface area contributed by atoms with Crippen LogP contribution in [0.25, 0.3) is 0 Å². The fourth-order valence-corrected chi connectivity index (χ4v) is 9.19. The maximum absolute atomic E-state index is 10.3. The molecule has 174 valence electrons. The molecule has 0 amide bonds. The van der Waals surface area contributed by atoms with Crippen LogP contribution in [0.5, 0.6) is 0 Å². The van der Waals surface area contributed by atoms with Gasteiger partial charge in [-0.05, 0) is 118 Å². The van der Waals surface area contributed by atoms with Crippen molar-refractivity contribution in [2.75, 3.05) is 0 Å². The second-order valence-corrected chi connectivity index (χ2v) is 13.1. The standard InChI is InChI=1S/C29H46O2/c1-17-19(3)27(4,5)31-26(17)18(2)23-10-11-24-22-9-8-20-16-21(30)12-14-28(20,6)25(22)13-15-29(23,24)7/h8,17,19,21-22,24-26,30H,9-16H2,1-7H3. The number of aliphatic hydroxyl groups is 1. The predicted octanol–water partition coefficient (Wildman–Crippen LogP) is 7.08. The van der Waals surface area contributed by atoms with Gasteiger partial charge in [0.15, 0.2) is 0 Å². The largest absolute Gasteiger partial charge is 0.393 e. The third-order valence-electron chi connectivity index (χ3n) is 11.6. The highest BCUT2D eigenvalue weighted by Gasteiger charge is 2.58. The zero-order valence-electron chi connectivity index (χ0n) is 21.1. The average molecular weight is 427 g/mol. The monoisotopic (exact) mass is 426 g/mol. The third kappa shape index (κ3) is 3.10. The Labute approximate surface area is 190 Å². The van der Waals surface area contributed by atoms with E-state index in [1.807, 2.05) is 0 Å². The molecule has 2 nitrogen and oxygen atoms in total. The zero-order valence-corrected chi connectivity index (χ0v) is 21.1. The minimum absolute atomic E-state index is 0.0207. The summed E-state index contributed by atoms with van der Waals surface area (Å²) in [6, 6.07) is 0. The van der Waals surface area contributed by atoms with Gasteiger partial charge in [0.25, 0.3) is 0 Å². The average Bonchev–Trinajstić information content (AvgIpc) is 3.17. The van der Waals surface area contributed by atoms with Gasteiger partial charge in [0.2, 0.25) is 0 Å². The minimum Gasteiger partial charge on any atom is -0.393 e. The molecule has 1 heterocycles. The molecule has 31 heavy (non-hydrogen) atoms. The SMILES string of the molecule is CC(=C1CCC2C3CC=C4CC(O)CCC4(C)C3CCC12C)C1OC(C)(C)C(C)C1C. The Balaban J connectivity index is 1.45. The third-order valence-corrected chi connectivity index (χ3v) is 11.6. The van der Waals surface area contributed by atoms with Crippen LogP contribution in [0.15, 0.2) is 22.8 Å². The van der Waals surface area contributed by atoms with Crippen molar-refractivity contribution >= 4 is 0 Å². The van der Waals surface area contributed by atoms with E-state index < -0.39 is 0 Å². The zero-order chi connectivity index (χ0) is 22.3. The Morgan fingerprint density at radius 3 is 2.35 bits per heavy atom. The van der Waals surface area contributed by atoms with Crippen LogP contribution < -0.4 is 0 Å². The van der Waals surface area contributed by atoms with Gasteiger partial charge in [0.1, 0.15) is 0 Å². The van der Waals surface area contributed by atoms with E-state index >= 15 is 0 Å².